The van der Waals surface area contributed by atoms with E-state index in [1.807, 2.05) is 0 Å². The van der Waals surface area contributed by atoms with E-state index in [4.69, 9.17) is 4.74 Å². The zero-order valence-electron chi connectivity index (χ0n) is 7.66. The largest absolute Gasteiger partial charge is 0.365 e. The summed E-state index contributed by atoms with van der Waals surface area (Å²) in [5.74, 6) is 0.641. The first-order valence-electron chi connectivity index (χ1n) is 5.23. The third-order valence-corrected chi connectivity index (χ3v) is 3.50. The second-order valence-electron chi connectivity index (χ2n) is 4.36. The molecule has 13 heavy (non-hydrogen) atoms. The molecule has 0 spiro atoms. The maximum absolute atomic E-state index is 11.7. The van der Waals surface area contributed by atoms with Gasteiger partial charge in [-0.3, -0.25) is 4.79 Å². The fourth-order valence-corrected chi connectivity index (χ4v) is 2.86. The van der Waals surface area contributed by atoms with Crippen LogP contribution in [0.25, 0.3) is 0 Å². The summed E-state index contributed by atoms with van der Waals surface area (Å²) in [6, 6.07) is 0. The lowest BCUT2D eigenvalue weighted by molar-refractivity contribution is -0.136. The molecule has 3 atom stereocenters. The smallest absolute Gasteiger partial charge is 0.141 e. The van der Waals surface area contributed by atoms with Crippen molar-refractivity contribution in [3.8, 4) is 0 Å². The van der Waals surface area contributed by atoms with Crippen molar-refractivity contribution in [1.82, 2.24) is 0 Å². The van der Waals surface area contributed by atoms with Gasteiger partial charge in [0.2, 0.25) is 0 Å². The second kappa shape index (κ2) is 2.68. The Labute approximate surface area is 78.0 Å². The molecule has 0 aromatic heterocycles. The fraction of sp³-hybridized carbons (Fsp3) is 0.727. The molecule has 2 bridgehead atoms. The molecule has 2 heterocycles. The van der Waals surface area contributed by atoms with Gasteiger partial charge in [0.1, 0.15) is 5.78 Å². The molecule has 1 saturated carbocycles. The van der Waals surface area contributed by atoms with E-state index in [0.717, 1.165) is 12.8 Å². The number of carbonyl (C=O) groups excluding carboxylic acids is 1. The number of ketones is 1. The maximum atomic E-state index is 11.7. The lowest BCUT2D eigenvalue weighted by atomic mass is 9.89. The van der Waals surface area contributed by atoms with Gasteiger partial charge >= 0.3 is 0 Å². The van der Waals surface area contributed by atoms with Crippen LogP contribution in [0.5, 0.6) is 0 Å². The summed E-state index contributed by atoms with van der Waals surface area (Å²) < 4.78 is 5.80. The van der Waals surface area contributed by atoms with E-state index in [2.05, 4.69) is 6.08 Å². The van der Waals surface area contributed by atoms with Crippen LogP contribution in [0.1, 0.15) is 32.1 Å². The summed E-state index contributed by atoms with van der Waals surface area (Å²) in [5.41, 5.74) is 1.42. The minimum Gasteiger partial charge on any atom is -0.365 e. The Balaban J connectivity index is 1.99. The zero-order chi connectivity index (χ0) is 8.84. The topological polar surface area (TPSA) is 26.3 Å². The van der Waals surface area contributed by atoms with Gasteiger partial charge in [-0.1, -0.05) is 12.5 Å². The molecule has 3 aliphatic rings. The Morgan fingerprint density at radius 2 is 2.31 bits per heavy atom. The van der Waals surface area contributed by atoms with Crippen molar-refractivity contribution < 1.29 is 9.53 Å². The number of hydrogen-bond acceptors (Lipinski definition) is 2. The van der Waals surface area contributed by atoms with E-state index in [1.165, 1.54) is 18.4 Å². The molecule has 0 amide bonds. The predicted octanol–water partition coefficient (Wildman–Crippen LogP) is 1.84. The molecule has 2 fully saturated rings. The summed E-state index contributed by atoms with van der Waals surface area (Å²) in [7, 11) is 0. The Morgan fingerprint density at radius 3 is 3.23 bits per heavy atom. The molecule has 0 aromatic carbocycles. The first-order valence-corrected chi connectivity index (χ1v) is 5.23. The van der Waals surface area contributed by atoms with Crippen LogP contribution in [-0.4, -0.2) is 18.0 Å². The highest BCUT2D eigenvalue weighted by Gasteiger charge is 2.43. The van der Waals surface area contributed by atoms with E-state index >= 15 is 0 Å². The lowest BCUT2D eigenvalue weighted by Crippen LogP contribution is -2.36. The van der Waals surface area contributed by atoms with Crippen molar-refractivity contribution >= 4 is 5.78 Å². The van der Waals surface area contributed by atoms with Gasteiger partial charge in [-0.05, 0) is 24.8 Å². The van der Waals surface area contributed by atoms with Gasteiger partial charge in [0.25, 0.3) is 0 Å². The molecule has 70 valence electrons. The summed E-state index contributed by atoms with van der Waals surface area (Å²) in [4.78, 5) is 11.7. The molecule has 0 radical (unpaired) electrons. The summed E-state index contributed by atoms with van der Waals surface area (Å²) >= 11 is 0. The quantitative estimate of drug-likeness (QED) is 0.529. The second-order valence-corrected chi connectivity index (χ2v) is 4.36. The van der Waals surface area contributed by atoms with Crippen LogP contribution < -0.4 is 0 Å². The number of hydrogen-bond donors (Lipinski definition) is 0. The Bertz CT molecular complexity index is 280. The molecule has 0 N–H and O–H groups in total. The summed E-state index contributed by atoms with van der Waals surface area (Å²) in [5, 5.41) is 0. The van der Waals surface area contributed by atoms with E-state index in [9.17, 15) is 4.79 Å². The number of carbonyl (C=O) groups is 1. The van der Waals surface area contributed by atoms with Crippen LogP contribution in [0.4, 0.5) is 0 Å². The van der Waals surface area contributed by atoms with Gasteiger partial charge in [0.15, 0.2) is 0 Å². The van der Waals surface area contributed by atoms with Crippen LogP contribution in [0, 0.1) is 5.92 Å². The number of fused-ring (bicyclic) bond motifs is 1. The molecular weight excluding hydrogens is 164 g/mol. The molecule has 1 aliphatic carbocycles. The third kappa shape index (κ3) is 1.08. The van der Waals surface area contributed by atoms with Gasteiger partial charge in [0, 0.05) is 12.3 Å². The highest BCUT2D eigenvalue weighted by atomic mass is 16.5. The SMILES string of the molecule is O=C1C[C@@H]2C=C3CCCC[C@H]1[C@@H]3O2. The lowest BCUT2D eigenvalue weighted by Gasteiger charge is -2.28. The Kier molecular flexibility index (Phi) is 1.59. The van der Waals surface area contributed by atoms with Crippen molar-refractivity contribution in [2.45, 2.75) is 44.3 Å². The van der Waals surface area contributed by atoms with Gasteiger partial charge < -0.3 is 4.74 Å². The monoisotopic (exact) mass is 178 g/mol. The van der Waals surface area contributed by atoms with Crippen LogP contribution in [-0.2, 0) is 9.53 Å². The molecule has 2 aliphatic heterocycles. The zero-order valence-corrected chi connectivity index (χ0v) is 7.66. The van der Waals surface area contributed by atoms with Crippen molar-refractivity contribution in [2.24, 2.45) is 5.92 Å². The first-order chi connectivity index (χ1) is 6.34. The van der Waals surface area contributed by atoms with E-state index < -0.39 is 0 Å². The van der Waals surface area contributed by atoms with E-state index in [1.54, 1.807) is 0 Å². The van der Waals surface area contributed by atoms with Crippen molar-refractivity contribution in [3.05, 3.63) is 11.6 Å². The Hall–Kier alpha value is -0.630. The van der Waals surface area contributed by atoms with E-state index in [0.29, 0.717) is 12.2 Å². The summed E-state index contributed by atoms with van der Waals surface area (Å²) in [6.45, 7) is 0. The normalized spacial score (nSPS) is 42.9. The van der Waals surface area contributed by atoms with Crippen LogP contribution in [0.2, 0.25) is 0 Å². The summed E-state index contributed by atoms with van der Waals surface area (Å²) in [6.07, 6.45) is 7.77. The minimum absolute atomic E-state index is 0.127. The molecule has 2 nitrogen and oxygen atoms in total. The van der Waals surface area contributed by atoms with Crippen LogP contribution in [0.15, 0.2) is 11.6 Å². The standard InChI is InChI=1S/C11H14O2/c12-10-6-8-5-7-3-1-2-4-9(10)11(7)13-8/h5,8-9,11H,1-4,6H2/t8-,9+,11+/m0/s1. The van der Waals surface area contributed by atoms with Crippen molar-refractivity contribution in [1.29, 1.82) is 0 Å². The van der Waals surface area contributed by atoms with Gasteiger partial charge in [-0.2, -0.15) is 0 Å². The first kappa shape index (κ1) is 7.74. The van der Waals surface area contributed by atoms with Gasteiger partial charge in [0.05, 0.1) is 12.2 Å². The highest BCUT2D eigenvalue weighted by Crippen LogP contribution is 2.40. The third-order valence-electron chi connectivity index (χ3n) is 3.50. The number of Topliss-reactive ketones (excluding diaryl/α,β-unsaturated/α-hetero) is 1. The van der Waals surface area contributed by atoms with Crippen LogP contribution in [0.3, 0.4) is 0 Å². The molecule has 2 heteroatoms. The molecule has 3 rings (SSSR count). The average Bonchev–Trinajstić information content (AvgIpc) is 2.31. The van der Waals surface area contributed by atoms with E-state index in [-0.39, 0.29) is 18.1 Å². The highest BCUT2D eigenvalue weighted by molar-refractivity contribution is 5.84. The number of rotatable bonds is 0. The minimum atomic E-state index is 0.127. The van der Waals surface area contributed by atoms with Crippen molar-refractivity contribution in [3.63, 3.8) is 0 Å². The van der Waals surface area contributed by atoms with Crippen LogP contribution >= 0.6 is 0 Å². The molecule has 0 unspecified atom stereocenters. The Morgan fingerprint density at radius 1 is 1.38 bits per heavy atom. The molecule has 1 saturated heterocycles. The van der Waals surface area contributed by atoms with Crippen molar-refractivity contribution in [2.75, 3.05) is 0 Å². The number of ether oxygens (including phenoxy) is 1. The average molecular weight is 178 g/mol. The molecule has 0 aromatic rings. The van der Waals surface area contributed by atoms with Gasteiger partial charge in [-0.15, -0.1) is 0 Å². The molecular formula is C11H14O2. The van der Waals surface area contributed by atoms with Gasteiger partial charge in [-0.25, -0.2) is 0 Å². The fourth-order valence-electron chi connectivity index (χ4n) is 2.86. The predicted molar refractivity (Wildman–Crippen MR) is 48.3 cm³/mol. The maximum Gasteiger partial charge on any atom is 0.141 e.